The van der Waals surface area contributed by atoms with Crippen molar-refractivity contribution in [1.82, 2.24) is 5.32 Å². The number of nitrogens with zero attached hydrogens (tertiary/aromatic N) is 1. The Morgan fingerprint density at radius 3 is 1.17 bits per heavy atom. The summed E-state index contributed by atoms with van der Waals surface area (Å²) in [6, 6.07) is -0.854. The molecule has 0 aliphatic carbocycles. The van der Waals surface area contributed by atoms with Crippen LogP contribution >= 0.6 is 7.82 Å². The molecule has 0 radical (unpaired) electrons. The molecular formula is C66H118N2O6P+. The summed E-state index contributed by atoms with van der Waals surface area (Å²) in [4.78, 5) is 23.3. The molecule has 432 valence electrons. The first-order valence-corrected chi connectivity index (χ1v) is 32.3. The highest BCUT2D eigenvalue weighted by Gasteiger charge is 2.27. The molecule has 0 saturated heterocycles. The summed E-state index contributed by atoms with van der Waals surface area (Å²) in [5, 5.41) is 13.9. The van der Waals surface area contributed by atoms with Gasteiger partial charge in [0, 0.05) is 6.42 Å². The smallest absolute Gasteiger partial charge is 0.387 e. The number of hydrogen-bond donors (Lipinski definition) is 3. The summed E-state index contributed by atoms with van der Waals surface area (Å²) in [5.41, 5.74) is 0. The van der Waals surface area contributed by atoms with Crippen LogP contribution in [0, 0.1) is 0 Å². The molecule has 0 heterocycles. The van der Waals surface area contributed by atoms with Crippen molar-refractivity contribution < 1.29 is 32.9 Å². The number of phosphoric acid groups is 1. The van der Waals surface area contributed by atoms with Crippen molar-refractivity contribution in [3.05, 3.63) is 109 Å². The van der Waals surface area contributed by atoms with Crippen molar-refractivity contribution >= 4 is 13.7 Å². The molecule has 3 N–H and O–H groups in total. The lowest BCUT2D eigenvalue weighted by Crippen LogP contribution is -2.45. The van der Waals surface area contributed by atoms with E-state index in [4.69, 9.17) is 9.05 Å². The first-order chi connectivity index (χ1) is 36.5. The van der Waals surface area contributed by atoms with Crippen LogP contribution in [0.1, 0.15) is 251 Å². The van der Waals surface area contributed by atoms with Crippen molar-refractivity contribution in [2.75, 3.05) is 40.9 Å². The van der Waals surface area contributed by atoms with Crippen LogP contribution < -0.4 is 5.32 Å². The monoisotopic (exact) mass is 1070 g/mol. The van der Waals surface area contributed by atoms with Gasteiger partial charge in [-0.25, -0.2) is 4.57 Å². The van der Waals surface area contributed by atoms with Crippen LogP contribution in [-0.2, 0) is 18.4 Å². The first-order valence-electron chi connectivity index (χ1n) is 30.8. The topological polar surface area (TPSA) is 105 Å². The van der Waals surface area contributed by atoms with E-state index in [1.54, 1.807) is 6.08 Å². The molecule has 8 nitrogen and oxygen atoms in total. The van der Waals surface area contributed by atoms with E-state index < -0.39 is 20.0 Å². The Hall–Kier alpha value is -2.84. The molecule has 0 aromatic heterocycles. The number of carbonyl (C=O) groups excluding carboxylic acids is 1. The Morgan fingerprint density at radius 2 is 0.800 bits per heavy atom. The highest BCUT2D eigenvalue weighted by molar-refractivity contribution is 7.47. The number of quaternary nitrogens is 1. The zero-order chi connectivity index (χ0) is 54.9. The molecular weight excluding hydrogens is 948 g/mol. The summed E-state index contributed by atoms with van der Waals surface area (Å²) in [5.74, 6) is -0.182. The maximum Gasteiger partial charge on any atom is 0.472 e. The molecule has 0 spiro atoms. The number of unbranched alkanes of at least 4 members (excludes halogenated alkanes) is 26. The van der Waals surface area contributed by atoms with Crippen LogP contribution in [0.25, 0.3) is 0 Å². The van der Waals surface area contributed by atoms with Gasteiger partial charge in [-0.15, -0.1) is 0 Å². The average molecular weight is 1070 g/mol. The van der Waals surface area contributed by atoms with Crippen molar-refractivity contribution in [3.8, 4) is 0 Å². The third kappa shape index (κ3) is 58.7. The fourth-order valence-electron chi connectivity index (χ4n) is 8.47. The highest BCUT2D eigenvalue weighted by atomic mass is 31.2. The van der Waals surface area contributed by atoms with Crippen molar-refractivity contribution in [1.29, 1.82) is 0 Å². The van der Waals surface area contributed by atoms with Gasteiger partial charge in [0.25, 0.3) is 0 Å². The van der Waals surface area contributed by atoms with Gasteiger partial charge in [-0.3, -0.25) is 13.8 Å². The molecule has 3 atom stereocenters. The average Bonchev–Trinajstić information content (AvgIpc) is 3.37. The van der Waals surface area contributed by atoms with Gasteiger partial charge in [0.2, 0.25) is 5.91 Å². The van der Waals surface area contributed by atoms with Crippen LogP contribution in [-0.4, -0.2) is 73.4 Å². The zero-order valence-electron chi connectivity index (χ0n) is 49.3. The van der Waals surface area contributed by atoms with Gasteiger partial charge in [-0.05, 0) is 83.5 Å². The van der Waals surface area contributed by atoms with Crippen molar-refractivity contribution in [2.45, 2.75) is 264 Å². The number of hydrogen-bond acceptors (Lipinski definition) is 5. The molecule has 9 heteroatoms. The maximum atomic E-state index is 13.0. The molecule has 3 unspecified atom stereocenters. The number of phosphoric ester groups is 1. The molecule has 0 aliphatic heterocycles. The largest absolute Gasteiger partial charge is 0.472 e. The predicted molar refractivity (Wildman–Crippen MR) is 327 cm³/mol. The molecule has 0 aromatic carbocycles. The number of aliphatic hydroxyl groups excluding tert-OH is 1. The quantitative estimate of drug-likeness (QED) is 0.0243. The molecule has 0 aromatic rings. The van der Waals surface area contributed by atoms with Crippen molar-refractivity contribution in [2.24, 2.45) is 0 Å². The lowest BCUT2D eigenvalue weighted by Gasteiger charge is -2.25. The number of likely N-dealkylation sites (N-methyl/N-ethyl adjacent to an activating group) is 1. The summed E-state index contributed by atoms with van der Waals surface area (Å²) >= 11 is 0. The molecule has 1 amide bonds. The number of nitrogens with one attached hydrogen (secondary N) is 1. The molecule has 0 rings (SSSR count). The normalized spacial score (nSPS) is 14.6. The summed E-state index contributed by atoms with van der Waals surface area (Å²) < 4.78 is 23.7. The Bertz CT molecular complexity index is 1590. The van der Waals surface area contributed by atoms with Crippen LogP contribution in [0.3, 0.4) is 0 Å². The van der Waals surface area contributed by atoms with E-state index in [2.05, 4.69) is 116 Å². The maximum absolute atomic E-state index is 13.0. The van der Waals surface area contributed by atoms with E-state index >= 15 is 0 Å². The van der Waals surface area contributed by atoms with Gasteiger partial charge in [-0.2, -0.15) is 0 Å². The fraction of sp³-hybridized carbons (Fsp3) is 0.712. The molecule has 0 fully saturated rings. The first kappa shape index (κ1) is 72.2. The van der Waals surface area contributed by atoms with Gasteiger partial charge in [0.1, 0.15) is 13.2 Å². The van der Waals surface area contributed by atoms with E-state index in [-0.39, 0.29) is 19.1 Å². The van der Waals surface area contributed by atoms with Crippen molar-refractivity contribution in [3.63, 3.8) is 0 Å². The minimum Gasteiger partial charge on any atom is -0.387 e. The summed E-state index contributed by atoms with van der Waals surface area (Å²) in [6.45, 7) is 4.70. The lowest BCUT2D eigenvalue weighted by molar-refractivity contribution is -0.870. The van der Waals surface area contributed by atoms with E-state index in [1.807, 2.05) is 27.2 Å². The molecule has 0 aliphatic rings. The second-order valence-electron chi connectivity index (χ2n) is 21.7. The second-order valence-corrected chi connectivity index (χ2v) is 23.2. The number of rotatable bonds is 55. The van der Waals surface area contributed by atoms with Gasteiger partial charge in [0.15, 0.2) is 0 Å². The second kappa shape index (κ2) is 55.9. The standard InChI is InChI=1S/C66H117N2O6P/c1-6-8-10-12-14-16-18-20-22-24-25-26-27-28-29-30-31-32-33-34-35-36-37-38-39-40-41-42-43-44-46-48-50-52-54-56-58-60-66(70)67-64(63-74-75(71,72)73-62-61-68(3,4)5)65(69)59-57-55-53-51-49-47-45-23-21-19-17-15-13-11-9-7-2/h8,10,14,16,20,22,25-26,28-29,31-32,34-35,37-38,57,59,64-65,69H,6-7,9,11-13,15,17-19,21,23-24,27,30,33,36,39-56,58,60-63H2,1-5H3,(H-,67,70,71,72)/p+1/b10-8-,16-14-,22-20-,26-25-,29-28-,32-31-,35-34-,38-37-,59-57+. The zero-order valence-corrected chi connectivity index (χ0v) is 50.1. The summed E-state index contributed by atoms with van der Waals surface area (Å²) in [6.07, 6.45) is 81.9. The van der Waals surface area contributed by atoms with E-state index in [0.717, 1.165) is 89.9 Å². The lowest BCUT2D eigenvalue weighted by atomic mass is 10.0. The number of amides is 1. The minimum atomic E-state index is -4.35. The third-order valence-electron chi connectivity index (χ3n) is 13.2. The minimum absolute atomic E-state index is 0.0573. The molecule has 0 bridgehead atoms. The predicted octanol–water partition coefficient (Wildman–Crippen LogP) is 19.2. The Labute approximate surface area is 463 Å². The van der Waals surface area contributed by atoms with E-state index in [0.29, 0.717) is 17.4 Å². The number of allylic oxidation sites excluding steroid dienone is 17. The molecule has 0 saturated carbocycles. The van der Waals surface area contributed by atoms with Crippen LogP contribution in [0.2, 0.25) is 0 Å². The van der Waals surface area contributed by atoms with Gasteiger partial charge in [-0.1, -0.05) is 271 Å². The summed E-state index contributed by atoms with van der Waals surface area (Å²) in [7, 11) is 1.56. The molecule has 75 heavy (non-hydrogen) atoms. The van der Waals surface area contributed by atoms with Crippen LogP contribution in [0.4, 0.5) is 0 Å². The Morgan fingerprint density at radius 1 is 0.467 bits per heavy atom. The van der Waals surface area contributed by atoms with Gasteiger partial charge >= 0.3 is 7.82 Å². The van der Waals surface area contributed by atoms with Crippen LogP contribution in [0.5, 0.6) is 0 Å². The van der Waals surface area contributed by atoms with E-state index in [1.165, 1.54) is 141 Å². The van der Waals surface area contributed by atoms with Gasteiger partial charge in [0.05, 0.1) is 39.9 Å². The highest BCUT2D eigenvalue weighted by Crippen LogP contribution is 2.43. The third-order valence-corrected chi connectivity index (χ3v) is 14.2. The fourth-order valence-corrected chi connectivity index (χ4v) is 9.21. The Balaban J connectivity index is 4.10. The number of aliphatic hydroxyl groups is 1. The van der Waals surface area contributed by atoms with Gasteiger partial charge < -0.3 is 19.8 Å². The Kier molecular flexibility index (Phi) is 53.8. The number of carbonyl (C=O) groups is 1. The van der Waals surface area contributed by atoms with E-state index in [9.17, 15) is 19.4 Å². The van der Waals surface area contributed by atoms with Crippen LogP contribution in [0.15, 0.2) is 109 Å². The SMILES string of the molecule is CC/C=C\C/C=C\C/C=C\C/C=C\C/C=C\C/C=C\C/C=C\C/C=C\CCCCCCCCCCCCCCC(=O)NC(COP(=O)(O)OCC[N+](C)(C)C)C(O)/C=C/CCCCCCCCCCCCCCCC.